The van der Waals surface area contributed by atoms with Gasteiger partial charge in [-0.1, -0.05) is 43.3 Å². The lowest BCUT2D eigenvalue weighted by atomic mass is 10.1. The fourth-order valence-electron chi connectivity index (χ4n) is 3.71. The van der Waals surface area contributed by atoms with E-state index in [2.05, 4.69) is 36.1 Å². The molecule has 1 saturated heterocycles. The van der Waals surface area contributed by atoms with E-state index in [4.69, 9.17) is 4.42 Å². The van der Waals surface area contributed by atoms with E-state index in [1.54, 1.807) is 0 Å². The molecular weight excluding hydrogens is 322 g/mol. The Labute approximate surface area is 142 Å². The lowest BCUT2D eigenvalue weighted by Crippen LogP contribution is -2.35. The molecular formula is C19H21NO3S. The van der Waals surface area contributed by atoms with E-state index in [9.17, 15) is 8.42 Å². The van der Waals surface area contributed by atoms with Gasteiger partial charge in [-0.2, -0.15) is 0 Å². The number of rotatable bonds is 4. The average Bonchev–Trinajstić information content (AvgIpc) is 3.13. The van der Waals surface area contributed by atoms with E-state index in [1.807, 2.05) is 18.2 Å². The Bertz CT molecular complexity index is 990. The predicted molar refractivity (Wildman–Crippen MR) is 96.9 cm³/mol. The number of benzene rings is 2. The zero-order valence-corrected chi connectivity index (χ0v) is 14.6. The van der Waals surface area contributed by atoms with Crippen molar-refractivity contribution in [3.63, 3.8) is 0 Å². The van der Waals surface area contributed by atoms with Crippen LogP contribution in [0.3, 0.4) is 0 Å². The van der Waals surface area contributed by atoms with Crippen molar-refractivity contribution in [1.29, 1.82) is 0 Å². The summed E-state index contributed by atoms with van der Waals surface area (Å²) in [6.07, 6.45) is 0.728. The van der Waals surface area contributed by atoms with Crippen LogP contribution >= 0.6 is 0 Å². The highest BCUT2D eigenvalue weighted by Gasteiger charge is 2.31. The largest absolute Gasteiger partial charge is 0.456 e. The van der Waals surface area contributed by atoms with Crippen LogP contribution in [0.25, 0.3) is 21.9 Å². The van der Waals surface area contributed by atoms with Crippen molar-refractivity contribution in [3.05, 3.63) is 48.0 Å². The van der Waals surface area contributed by atoms with Crippen LogP contribution in [0.1, 0.15) is 18.9 Å². The minimum atomic E-state index is -2.87. The van der Waals surface area contributed by atoms with Crippen molar-refractivity contribution >= 4 is 31.8 Å². The Kier molecular flexibility index (Phi) is 3.85. The standard InChI is InChI=1S/C19H21NO3S/c1-2-20(15-10-11-24(21,22)13-15)12-14-6-5-8-17-16-7-3-4-9-18(16)23-19(14)17/h3-9,15H,2,10-13H2,1H3. The minimum Gasteiger partial charge on any atom is -0.456 e. The SMILES string of the molecule is CCN(Cc1cccc2c1oc1ccccc12)C1CCS(=O)(=O)C1. The topological polar surface area (TPSA) is 50.5 Å². The second-order valence-electron chi connectivity index (χ2n) is 6.51. The maximum Gasteiger partial charge on any atom is 0.151 e. The van der Waals surface area contributed by atoms with Crippen LogP contribution in [0, 0.1) is 0 Å². The summed E-state index contributed by atoms with van der Waals surface area (Å²) in [6.45, 7) is 3.63. The zero-order valence-electron chi connectivity index (χ0n) is 13.7. The third-order valence-corrected chi connectivity index (χ3v) is 6.74. The number of hydrogen-bond acceptors (Lipinski definition) is 4. The predicted octanol–water partition coefficient (Wildman–Crippen LogP) is 3.60. The molecule has 0 N–H and O–H groups in total. The Morgan fingerprint density at radius 1 is 1.12 bits per heavy atom. The molecule has 0 radical (unpaired) electrons. The fourth-order valence-corrected chi connectivity index (χ4v) is 5.47. The van der Waals surface area contributed by atoms with Crippen molar-refractivity contribution < 1.29 is 12.8 Å². The number of furan rings is 1. The Hall–Kier alpha value is -1.85. The molecule has 0 saturated carbocycles. The van der Waals surface area contributed by atoms with Gasteiger partial charge in [0.05, 0.1) is 11.5 Å². The fraction of sp³-hybridized carbons (Fsp3) is 0.368. The first-order valence-corrected chi connectivity index (χ1v) is 10.2. The molecule has 4 rings (SSSR count). The summed E-state index contributed by atoms with van der Waals surface area (Å²) in [5.41, 5.74) is 2.93. The Morgan fingerprint density at radius 3 is 2.67 bits per heavy atom. The normalized spacial score (nSPS) is 20.3. The third kappa shape index (κ3) is 2.72. The smallest absolute Gasteiger partial charge is 0.151 e. The molecule has 0 aliphatic carbocycles. The maximum absolute atomic E-state index is 11.8. The van der Waals surface area contributed by atoms with Gasteiger partial charge in [0.1, 0.15) is 11.2 Å². The molecule has 126 valence electrons. The van der Waals surface area contributed by atoms with E-state index in [1.165, 1.54) is 0 Å². The molecule has 5 heteroatoms. The first kappa shape index (κ1) is 15.7. The van der Waals surface area contributed by atoms with Crippen LogP contribution in [0.2, 0.25) is 0 Å². The highest BCUT2D eigenvalue weighted by Crippen LogP contribution is 2.32. The Balaban J connectivity index is 1.71. The van der Waals surface area contributed by atoms with Crippen molar-refractivity contribution in [1.82, 2.24) is 4.90 Å². The van der Waals surface area contributed by atoms with Gasteiger partial charge in [-0.25, -0.2) is 8.42 Å². The van der Waals surface area contributed by atoms with E-state index in [0.29, 0.717) is 12.3 Å². The molecule has 4 nitrogen and oxygen atoms in total. The number of para-hydroxylation sites is 2. The number of sulfone groups is 1. The molecule has 3 aromatic rings. The summed E-state index contributed by atoms with van der Waals surface area (Å²) < 4.78 is 29.7. The van der Waals surface area contributed by atoms with Crippen molar-refractivity contribution in [2.24, 2.45) is 0 Å². The van der Waals surface area contributed by atoms with Crippen molar-refractivity contribution in [2.75, 3.05) is 18.1 Å². The number of fused-ring (bicyclic) bond motifs is 3. The third-order valence-electron chi connectivity index (χ3n) is 4.99. The van der Waals surface area contributed by atoms with Gasteiger partial charge in [0.2, 0.25) is 0 Å². The highest BCUT2D eigenvalue weighted by molar-refractivity contribution is 7.91. The first-order valence-electron chi connectivity index (χ1n) is 8.41. The molecule has 2 heterocycles. The molecule has 1 unspecified atom stereocenters. The van der Waals surface area contributed by atoms with Crippen LogP contribution in [-0.4, -0.2) is 37.4 Å². The Morgan fingerprint density at radius 2 is 1.92 bits per heavy atom. The van der Waals surface area contributed by atoms with E-state index in [0.717, 1.165) is 40.5 Å². The summed E-state index contributed by atoms with van der Waals surface area (Å²) >= 11 is 0. The van der Waals surface area contributed by atoms with Gasteiger partial charge < -0.3 is 4.42 Å². The second-order valence-corrected chi connectivity index (χ2v) is 8.74. The van der Waals surface area contributed by atoms with E-state index < -0.39 is 9.84 Å². The molecule has 1 fully saturated rings. The van der Waals surface area contributed by atoms with Crippen molar-refractivity contribution in [3.8, 4) is 0 Å². The van der Waals surface area contributed by atoms with Gasteiger partial charge in [-0.3, -0.25) is 4.90 Å². The maximum atomic E-state index is 11.8. The molecule has 0 amide bonds. The zero-order chi connectivity index (χ0) is 16.7. The molecule has 1 aromatic heterocycles. The summed E-state index contributed by atoms with van der Waals surface area (Å²) in [4.78, 5) is 2.26. The second kappa shape index (κ2) is 5.90. The van der Waals surface area contributed by atoms with Gasteiger partial charge in [-0.05, 0) is 19.0 Å². The average molecular weight is 343 g/mol. The highest BCUT2D eigenvalue weighted by atomic mass is 32.2. The van der Waals surface area contributed by atoms with Crippen LogP contribution in [-0.2, 0) is 16.4 Å². The van der Waals surface area contributed by atoms with Crippen LogP contribution in [0.4, 0.5) is 0 Å². The lowest BCUT2D eigenvalue weighted by molar-refractivity contribution is 0.215. The van der Waals surface area contributed by atoms with Crippen LogP contribution in [0.5, 0.6) is 0 Å². The summed E-state index contributed by atoms with van der Waals surface area (Å²) in [6, 6.07) is 14.4. The van der Waals surface area contributed by atoms with Gasteiger partial charge in [0.15, 0.2) is 9.84 Å². The number of nitrogens with zero attached hydrogens (tertiary/aromatic N) is 1. The first-order chi connectivity index (χ1) is 11.6. The molecule has 0 spiro atoms. The van der Waals surface area contributed by atoms with Gasteiger partial charge in [-0.15, -0.1) is 0 Å². The molecule has 2 aromatic carbocycles. The van der Waals surface area contributed by atoms with Gasteiger partial charge >= 0.3 is 0 Å². The molecule has 24 heavy (non-hydrogen) atoms. The van der Waals surface area contributed by atoms with Gasteiger partial charge in [0, 0.05) is 28.9 Å². The molecule has 0 bridgehead atoms. The number of hydrogen-bond donors (Lipinski definition) is 0. The molecule has 1 aliphatic heterocycles. The minimum absolute atomic E-state index is 0.111. The van der Waals surface area contributed by atoms with Crippen LogP contribution < -0.4 is 0 Å². The molecule has 1 atom stereocenters. The lowest BCUT2D eigenvalue weighted by Gasteiger charge is -2.26. The van der Waals surface area contributed by atoms with Crippen LogP contribution in [0.15, 0.2) is 46.9 Å². The van der Waals surface area contributed by atoms with Crippen molar-refractivity contribution in [2.45, 2.75) is 25.9 Å². The summed E-state index contributed by atoms with van der Waals surface area (Å²) in [5, 5.41) is 2.25. The van der Waals surface area contributed by atoms with E-state index >= 15 is 0 Å². The monoisotopic (exact) mass is 343 g/mol. The summed E-state index contributed by atoms with van der Waals surface area (Å²) in [5.74, 6) is 0.583. The molecule has 1 aliphatic rings. The van der Waals surface area contributed by atoms with Gasteiger partial charge in [0.25, 0.3) is 0 Å². The van der Waals surface area contributed by atoms with E-state index in [-0.39, 0.29) is 11.8 Å². The summed E-state index contributed by atoms with van der Waals surface area (Å²) in [7, 11) is -2.87. The quantitative estimate of drug-likeness (QED) is 0.726.